The Hall–Kier alpha value is -1.79. The van der Waals surface area contributed by atoms with Crippen LogP contribution >= 0.6 is 22.9 Å². The number of halogens is 1. The minimum Gasteiger partial charge on any atom is -0.478 e. The Labute approximate surface area is 125 Å². The van der Waals surface area contributed by atoms with Crippen LogP contribution in [0.4, 0.5) is 11.4 Å². The van der Waals surface area contributed by atoms with Crippen LogP contribution in [0.25, 0.3) is 0 Å². The molecular formula is C13H14ClN3O2S. The van der Waals surface area contributed by atoms with E-state index < -0.39 is 5.97 Å². The summed E-state index contributed by atoms with van der Waals surface area (Å²) in [6.07, 6.45) is 1.70. The molecule has 0 radical (unpaired) electrons. The average molecular weight is 312 g/mol. The van der Waals surface area contributed by atoms with Crippen molar-refractivity contribution < 1.29 is 9.90 Å². The molecule has 2 rings (SSSR count). The molecule has 0 amide bonds. The number of aromatic carboxylic acids is 1. The largest absolute Gasteiger partial charge is 0.478 e. The maximum absolute atomic E-state index is 11.3. The second-order valence-corrected chi connectivity index (χ2v) is 6.06. The normalized spacial score (nSPS) is 10.3. The van der Waals surface area contributed by atoms with Gasteiger partial charge in [-0.1, -0.05) is 11.6 Å². The number of thiazole rings is 1. The summed E-state index contributed by atoms with van der Waals surface area (Å²) in [4.78, 5) is 18.0. The van der Waals surface area contributed by atoms with E-state index in [9.17, 15) is 9.90 Å². The number of hydrogen-bond acceptors (Lipinski definition) is 5. The Bertz CT molecular complexity index is 628. The Morgan fingerprint density at radius 2 is 2.25 bits per heavy atom. The monoisotopic (exact) mass is 311 g/mol. The molecule has 0 fully saturated rings. The van der Waals surface area contributed by atoms with Gasteiger partial charge in [-0.15, -0.1) is 11.3 Å². The molecule has 1 aromatic carbocycles. The van der Waals surface area contributed by atoms with Crippen molar-refractivity contribution in [3.05, 3.63) is 39.3 Å². The first-order valence-electron chi connectivity index (χ1n) is 5.86. The van der Waals surface area contributed by atoms with Crippen molar-refractivity contribution >= 4 is 40.3 Å². The van der Waals surface area contributed by atoms with Gasteiger partial charge in [-0.25, -0.2) is 9.78 Å². The molecule has 0 spiro atoms. The maximum atomic E-state index is 11.3. The first-order valence-corrected chi connectivity index (χ1v) is 7.05. The highest BCUT2D eigenvalue weighted by Gasteiger charge is 2.12. The second-order valence-electron chi connectivity index (χ2n) is 4.36. The molecule has 0 aliphatic rings. The van der Waals surface area contributed by atoms with Gasteiger partial charge in [0.05, 0.1) is 17.8 Å². The van der Waals surface area contributed by atoms with Crippen molar-refractivity contribution in [2.24, 2.45) is 0 Å². The standard InChI is InChI=1S/C13H14ClN3O2S/c1-17(2)11-4-3-8(5-10(11)12(18)19)15-6-9-7-16-13(14)20-9/h3-5,7,15H,6H2,1-2H3,(H,18,19). The zero-order valence-electron chi connectivity index (χ0n) is 11.1. The Morgan fingerprint density at radius 1 is 1.50 bits per heavy atom. The molecular weight excluding hydrogens is 298 g/mol. The van der Waals surface area contributed by atoms with Gasteiger partial charge in [0.1, 0.15) is 0 Å². The SMILES string of the molecule is CN(C)c1ccc(NCc2cnc(Cl)s2)cc1C(=O)O. The summed E-state index contributed by atoms with van der Waals surface area (Å²) in [6.45, 7) is 0.560. The summed E-state index contributed by atoms with van der Waals surface area (Å²) < 4.78 is 0.496. The molecule has 2 aromatic rings. The molecule has 20 heavy (non-hydrogen) atoms. The van der Waals surface area contributed by atoms with Crippen molar-refractivity contribution in [1.29, 1.82) is 0 Å². The molecule has 0 atom stereocenters. The molecule has 0 aliphatic carbocycles. The predicted octanol–water partition coefficient (Wildman–Crippen LogP) is 3.17. The van der Waals surface area contributed by atoms with Crippen LogP contribution in [0.5, 0.6) is 0 Å². The minimum atomic E-state index is -0.946. The fourth-order valence-electron chi connectivity index (χ4n) is 1.76. The number of carboxylic acids is 1. The maximum Gasteiger partial charge on any atom is 0.337 e. The van der Waals surface area contributed by atoms with Crippen molar-refractivity contribution in [1.82, 2.24) is 4.98 Å². The molecule has 106 valence electrons. The fraction of sp³-hybridized carbons (Fsp3) is 0.231. The van der Waals surface area contributed by atoms with Crippen LogP contribution in [-0.2, 0) is 6.54 Å². The lowest BCUT2D eigenvalue weighted by molar-refractivity contribution is 0.0697. The third kappa shape index (κ3) is 3.40. The van der Waals surface area contributed by atoms with Crippen molar-refractivity contribution in [3.63, 3.8) is 0 Å². The zero-order chi connectivity index (χ0) is 14.7. The van der Waals surface area contributed by atoms with Crippen LogP contribution in [0.2, 0.25) is 4.47 Å². The lowest BCUT2D eigenvalue weighted by atomic mass is 10.1. The van der Waals surface area contributed by atoms with Crippen LogP contribution in [-0.4, -0.2) is 30.2 Å². The number of anilines is 2. The third-order valence-corrected chi connectivity index (χ3v) is 3.82. The van der Waals surface area contributed by atoms with Gasteiger partial charge in [0.25, 0.3) is 0 Å². The lowest BCUT2D eigenvalue weighted by Crippen LogP contribution is -2.14. The Kier molecular flexibility index (Phi) is 4.46. The number of nitrogens with one attached hydrogen (secondary N) is 1. The number of hydrogen-bond donors (Lipinski definition) is 2. The van der Waals surface area contributed by atoms with E-state index in [0.29, 0.717) is 16.7 Å². The van der Waals surface area contributed by atoms with E-state index >= 15 is 0 Å². The van der Waals surface area contributed by atoms with Crippen molar-refractivity contribution in [2.75, 3.05) is 24.3 Å². The summed E-state index contributed by atoms with van der Waals surface area (Å²) >= 11 is 7.15. The topological polar surface area (TPSA) is 65.5 Å². The lowest BCUT2D eigenvalue weighted by Gasteiger charge is -2.16. The molecule has 0 saturated heterocycles. The van der Waals surface area contributed by atoms with Gasteiger partial charge < -0.3 is 15.3 Å². The summed E-state index contributed by atoms with van der Waals surface area (Å²) in [5.74, 6) is -0.946. The summed E-state index contributed by atoms with van der Waals surface area (Å²) in [6, 6.07) is 5.26. The molecule has 7 heteroatoms. The van der Waals surface area contributed by atoms with E-state index in [4.69, 9.17) is 11.6 Å². The zero-order valence-corrected chi connectivity index (χ0v) is 12.6. The molecule has 0 unspecified atom stereocenters. The predicted molar refractivity (Wildman–Crippen MR) is 82.2 cm³/mol. The van der Waals surface area contributed by atoms with Crippen LogP contribution in [0.1, 0.15) is 15.2 Å². The first-order chi connectivity index (χ1) is 9.47. The molecule has 1 heterocycles. The second kappa shape index (κ2) is 6.11. The van der Waals surface area contributed by atoms with Gasteiger partial charge in [-0.2, -0.15) is 0 Å². The highest BCUT2D eigenvalue weighted by atomic mass is 35.5. The van der Waals surface area contributed by atoms with E-state index in [1.165, 1.54) is 11.3 Å². The van der Waals surface area contributed by atoms with Gasteiger partial charge in [-0.05, 0) is 18.2 Å². The summed E-state index contributed by atoms with van der Waals surface area (Å²) in [5.41, 5.74) is 1.68. The van der Waals surface area contributed by atoms with Crippen LogP contribution in [0.3, 0.4) is 0 Å². The molecule has 0 bridgehead atoms. The first kappa shape index (κ1) is 14.6. The highest BCUT2D eigenvalue weighted by molar-refractivity contribution is 7.15. The summed E-state index contributed by atoms with van der Waals surface area (Å²) in [7, 11) is 3.63. The van der Waals surface area contributed by atoms with Gasteiger partial charge in [0.15, 0.2) is 4.47 Å². The molecule has 5 nitrogen and oxygen atoms in total. The van der Waals surface area contributed by atoms with Crippen LogP contribution < -0.4 is 10.2 Å². The third-order valence-electron chi connectivity index (χ3n) is 2.70. The van der Waals surface area contributed by atoms with E-state index in [1.54, 1.807) is 23.2 Å². The quantitative estimate of drug-likeness (QED) is 0.888. The fourth-order valence-corrected chi connectivity index (χ4v) is 2.68. The van der Waals surface area contributed by atoms with Gasteiger partial charge in [0.2, 0.25) is 0 Å². The van der Waals surface area contributed by atoms with Crippen LogP contribution in [0.15, 0.2) is 24.4 Å². The highest BCUT2D eigenvalue weighted by Crippen LogP contribution is 2.24. The molecule has 0 saturated carbocycles. The van der Waals surface area contributed by atoms with E-state index in [2.05, 4.69) is 10.3 Å². The molecule has 0 aliphatic heterocycles. The van der Waals surface area contributed by atoms with E-state index in [1.807, 2.05) is 20.2 Å². The van der Waals surface area contributed by atoms with Gasteiger partial charge >= 0.3 is 5.97 Å². The number of benzene rings is 1. The Balaban J connectivity index is 2.16. The smallest absolute Gasteiger partial charge is 0.337 e. The molecule has 2 N–H and O–H groups in total. The molecule has 1 aromatic heterocycles. The van der Waals surface area contributed by atoms with Crippen molar-refractivity contribution in [3.8, 4) is 0 Å². The number of nitrogens with zero attached hydrogens (tertiary/aromatic N) is 2. The van der Waals surface area contributed by atoms with E-state index in [-0.39, 0.29) is 5.56 Å². The number of carboxylic acid groups (broad SMARTS) is 1. The number of carbonyl (C=O) groups is 1. The van der Waals surface area contributed by atoms with Gasteiger partial charge in [-0.3, -0.25) is 0 Å². The summed E-state index contributed by atoms with van der Waals surface area (Å²) in [5, 5.41) is 12.4. The van der Waals surface area contributed by atoms with Gasteiger partial charge in [0, 0.05) is 30.9 Å². The minimum absolute atomic E-state index is 0.266. The van der Waals surface area contributed by atoms with Crippen LogP contribution in [0, 0.1) is 0 Å². The number of aromatic nitrogens is 1. The van der Waals surface area contributed by atoms with E-state index in [0.717, 1.165) is 10.6 Å². The Morgan fingerprint density at radius 3 is 2.80 bits per heavy atom. The number of rotatable bonds is 5. The average Bonchev–Trinajstić information content (AvgIpc) is 2.81. The van der Waals surface area contributed by atoms with Crippen molar-refractivity contribution in [2.45, 2.75) is 6.54 Å².